The van der Waals surface area contributed by atoms with Gasteiger partial charge < -0.3 is 5.32 Å². The molecule has 0 radical (unpaired) electrons. The van der Waals surface area contributed by atoms with E-state index >= 15 is 0 Å². The third-order valence-corrected chi connectivity index (χ3v) is 5.12. The van der Waals surface area contributed by atoms with Crippen molar-refractivity contribution in [3.05, 3.63) is 65.3 Å². The zero-order valence-corrected chi connectivity index (χ0v) is 14.1. The van der Waals surface area contributed by atoms with Crippen LogP contribution in [0.3, 0.4) is 0 Å². The molecule has 1 aromatic carbocycles. The molecule has 0 bridgehead atoms. The Morgan fingerprint density at radius 3 is 2.67 bits per heavy atom. The van der Waals surface area contributed by atoms with Gasteiger partial charge in [-0.1, -0.05) is 53.9 Å². The average Bonchev–Trinajstić information content (AvgIpc) is 2.95. The highest BCUT2D eigenvalue weighted by Crippen LogP contribution is 2.33. The van der Waals surface area contributed by atoms with E-state index < -0.39 is 0 Å². The van der Waals surface area contributed by atoms with Crippen molar-refractivity contribution in [1.82, 2.24) is 4.98 Å². The molecule has 5 nitrogen and oxygen atoms in total. The second-order valence-corrected chi connectivity index (χ2v) is 7.03. The average molecular weight is 355 g/mol. The van der Waals surface area contributed by atoms with Gasteiger partial charge in [0.1, 0.15) is 4.38 Å². The van der Waals surface area contributed by atoms with Gasteiger partial charge in [-0.05, 0) is 23.8 Å². The number of hydrogen-bond acceptors (Lipinski definition) is 5. The number of hydrogen-bond donors (Lipinski definition) is 1. The molecule has 0 saturated carbocycles. The van der Waals surface area contributed by atoms with Gasteiger partial charge in [0, 0.05) is 18.1 Å². The number of anilines is 1. The zero-order valence-electron chi connectivity index (χ0n) is 12.5. The molecular formula is C17H13N3O2S2. The third kappa shape index (κ3) is 4.56. The summed E-state index contributed by atoms with van der Waals surface area (Å²) in [6, 6.07) is 13.0. The Morgan fingerprint density at radius 2 is 1.92 bits per heavy atom. The SMILES string of the molecule is O=C(CSC1=NC(=O)C(=Cc2ccccc2)S1)Nc1ccncc1. The first-order valence-electron chi connectivity index (χ1n) is 7.11. The van der Waals surface area contributed by atoms with Gasteiger partial charge in [0.15, 0.2) is 0 Å². The van der Waals surface area contributed by atoms with Gasteiger partial charge in [-0.2, -0.15) is 4.99 Å². The quantitative estimate of drug-likeness (QED) is 0.851. The predicted molar refractivity (Wildman–Crippen MR) is 99.8 cm³/mol. The Hall–Kier alpha value is -2.38. The largest absolute Gasteiger partial charge is 0.325 e. The van der Waals surface area contributed by atoms with E-state index in [0.717, 1.165) is 5.56 Å². The summed E-state index contributed by atoms with van der Waals surface area (Å²) in [5.41, 5.74) is 1.64. The highest BCUT2D eigenvalue weighted by molar-refractivity contribution is 8.41. The van der Waals surface area contributed by atoms with Crippen LogP contribution in [0, 0.1) is 0 Å². The van der Waals surface area contributed by atoms with E-state index in [1.807, 2.05) is 30.3 Å². The molecule has 2 aromatic rings. The maximum atomic E-state index is 11.9. The second-order valence-electron chi connectivity index (χ2n) is 4.78. The molecule has 0 saturated heterocycles. The normalized spacial score (nSPS) is 15.4. The number of rotatable bonds is 4. The van der Waals surface area contributed by atoms with E-state index in [2.05, 4.69) is 15.3 Å². The maximum absolute atomic E-state index is 11.9. The van der Waals surface area contributed by atoms with E-state index in [4.69, 9.17) is 0 Å². The van der Waals surface area contributed by atoms with Crippen LogP contribution >= 0.6 is 23.5 Å². The number of nitrogens with zero attached hydrogens (tertiary/aromatic N) is 2. The standard InChI is InChI=1S/C17H13N3O2S2/c21-15(19-13-6-8-18-9-7-13)11-23-17-20-16(22)14(24-17)10-12-4-2-1-3-5-12/h1-10H,11H2,(H,18,19,21). The fourth-order valence-electron chi connectivity index (χ4n) is 1.91. The van der Waals surface area contributed by atoms with Crippen molar-refractivity contribution in [1.29, 1.82) is 0 Å². The number of thioether (sulfide) groups is 2. The fraction of sp³-hybridized carbons (Fsp3) is 0.0588. The summed E-state index contributed by atoms with van der Waals surface area (Å²) in [6.07, 6.45) is 5.03. The smallest absolute Gasteiger partial charge is 0.285 e. The minimum atomic E-state index is -0.263. The highest BCUT2D eigenvalue weighted by Gasteiger charge is 2.22. The zero-order chi connectivity index (χ0) is 16.8. The van der Waals surface area contributed by atoms with Crippen molar-refractivity contribution in [2.75, 3.05) is 11.1 Å². The summed E-state index contributed by atoms with van der Waals surface area (Å²) in [7, 11) is 0. The molecule has 1 N–H and O–H groups in total. The highest BCUT2D eigenvalue weighted by atomic mass is 32.2. The molecule has 0 spiro atoms. The Bertz CT molecular complexity index is 805. The Balaban J connectivity index is 1.54. The van der Waals surface area contributed by atoms with Gasteiger partial charge in [0.25, 0.3) is 5.91 Å². The Kier molecular flexibility index (Phi) is 5.45. The molecule has 24 heavy (non-hydrogen) atoms. The van der Waals surface area contributed by atoms with E-state index in [1.54, 1.807) is 30.6 Å². The van der Waals surface area contributed by atoms with Crippen LogP contribution in [-0.4, -0.2) is 26.9 Å². The summed E-state index contributed by atoms with van der Waals surface area (Å²) in [5, 5.41) is 2.76. The van der Waals surface area contributed by atoms with Crippen molar-refractivity contribution in [3.8, 4) is 0 Å². The summed E-state index contributed by atoms with van der Waals surface area (Å²) in [4.78, 5) is 32.3. The van der Waals surface area contributed by atoms with Crippen molar-refractivity contribution in [2.45, 2.75) is 0 Å². The number of pyridine rings is 1. The molecule has 0 unspecified atom stereocenters. The summed E-state index contributed by atoms with van der Waals surface area (Å²) >= 11 is 2.55. The van der Waals surface area contributed by atoms with Gasteiger partial charge in [-0.3, -0.25) is 14.6 Å². The van der Waals surface area contributed by atoms with Crippen LogP contribution in [0.25, 0.3) is 6.08 Å². The first-order chi connectivity index (χ1) is 11.7. The first kappa shape index (κ1) is 16.5. The van der Waals surface area contributed by atoms with Crippen molar-refractivity contribution in [3.63, 3.8) is 0 Å². The number of amides is 2. The topological polar surface area (TPSA) is 71.4 Å². The van der Waals surface area contributed by atoms with Crippen LogP contribution in [-0.2, 0) is 9.59 Å². The number of aromatic nitrogens is 1. The van der Waals surface area contributed by atoms with Crippen LogP contribution < -0.4 is 5.32 Å². The number of carbonyl (C=O) groups is 2. The lowest BCUT2D eigenvalue weighted by Gasteiger charge is -2.03. The van der Waals surface area contributed by atoms with Crippen LogP contribution in [0.1, 0.15) is 5.56 Å². The van der Waals surface area contributed by atoms with E-state index in [0.29, 0.717) is 15.0 Å². The van der Waals surface area contributed by atoms with Crippen LogP contribution in [0.4, 0.5) is 5.69 Å². The van der Waals surface area contributed by atoms with Gasteiger partial charge in [-0.25, -0.2) is 0 Å². The van der Waals surface area contributed by atoms with E-state index in [-0.39, 0.29) is 17.6 Å². The lowest BCUT2D eigenvalue weighted by molar-refractivity contribution is -0.114. The van der Waals surface area contributed by atoms with Gasteiger partial charge in [0.2, 0.25) is 5.91 Å². The molecular weight excluding hydrogens is 342 g/mol. The molecule has 1 aliphatic rings. The molecule has 1 aromatic heterocycles. The van der Waals surface area contributed by atoms with E-state index in [9.17, 15) is 9.59 Å². The van der Waals surface area contributed by atoms with Gasteiger partial charge in [-0.15, -0.1) is 0 Å². The summed E-state index contributed by atoms with van der Waals surface area (Å²) in [5.74, 6) is -0.219. The van der Waals surface area contributed by atoms with Crippen molar-refractivity contribution < 1.29 is 9.59 Å². The number of nitrogens with one attached hydrogen (secondary N) is 1. The van der Waals surface area contributed by atoms with Crippen molar-refractivity contribution >= 4 is 51.5 Å². The lowest BCUT2D eigenvalue weighted by atomic mass is 10.2. The minimum absolute atomic E-state index is 0.151. The van der Waals surface area contributed by atoms with Crippen molar-refractivity contribution in [2.24, 2.45) is 4.99 Å². The minimum Gasteiger partial charge on any atom is -0.325 e. The molecule has 0 aliphatic carbocycles. The molecule has 0 atom stereocenters. The van der Waals surface area contributed by atoms with Gasteiger partial charge >= 0.3 is 0 Å². The van der Waals surface area contributed by atoms with Gasteiger partial charge in [0.05, 0.1) is 10.7 Å². The lowest BCUT2D eigenvalue weighted by Crippen LogP contribution is -2.14. The van der Waals surface area contributed by atoms with Crippen LogP contribution in [0.5, 0.6) is 0 Å². The van der Waals surface area contributed by atoms with E-state index in [1.165, 1.54) is 23.5 Å². The molecule has 2 heterocycles. The predicted octanol–water partition coefficient (Wildman–Crippen LogP) is 3.42. The summed E-state index contributed by atoms with van der Waals surface area (Å²) in [6.45, 7) is 0. The molecule has 1 aliphatic heterocycles. The molecule has 0 fully saturated rings. The molecule has 3 rings (SSSR count). The Morgan fingerprint density at radius 1 is 1.17 bits per heavy atom. The second kappa shape index (κ2) is 7.94. The number of aliphatic imine (C=N–C) groups is 1. The monoisotopic (exact) mass is 355 g/mol. The Labute approximate surface area is 147 Å². The first-order valence-corrected chi connectivity index (χ1v) is 8.91. The fourth-order valence-corrected chi connectivity index (χ4v) is 3.71. The van der Waals surface area contributed by atoms with Crippen LogP contribution in [0.15, 0.2) is 64.8 Å². The number of benzene rings is 1. The molecule has 2 amide bonds. The molecule has 120 valence electrons. The number of carbonyl (C=O) groups excluding carboxylic acids is 2. The third-order valence-electron chi connectivity index (χ3n) is 2.99. The maximum Gasteiger partial charge on any atom is 0.285 e. The summed E-state index contributed by atoms with van der Waals surface area (Å²) < 4.78 is 0.590. The van der Waals surface area contributed by atoms with Crippen LogP contribution in [0.2, 0.25) is 0 Å². The molecule has 7 heteroatoms.